The van der Waals surface area contributed by atoms with Crippen molar-refractivity contribution in [1.29, 1.82) is 5.26 Å². The number of nitriles is 1. The zero-order valence-corrected chi connectivity index (χ0v) is 21.3. The minimum Gasteiger partial charge on any atom is -0.512 e. The van der Waals surface area contributed by atoms with Crippen molar-refractivity contribution < 1.29 is 14.2 Å². The summed E-state index contributed by atoms with van der Waals surface area (Å²) in [5.41, 5.74) is 4.44. The van der Waals surface area contributed by atoms with Gasteiger partial charge < -0.3 is 19.6 Å². The molecule has 2 atom stereocenters. The highest BCUT2D eigenvalue weighted by atomic mass is 19.1. The van der Waals surface area contributed by atoms with E-state index in [4.69, 9.17) is 4.74 Å². The van der Waals surface area contributed by atoms with Gasteiger partial charge in [-0.2, -0.15) is 5.26 Å². The number of piperidine rings is 1. The molecule has 0 saturated carbocycles. The van der Waals surface area contributed by atoms with Gasteiger partial charge in [-0.1, -0.05) is 30.9 Å². The van der Waals surface area contributed by atoms with E-state index in [1.165, 1.54) is 6.08 Å². The molecule has 2 saturated heterocycles. The fraction of sp³-hybridized carbons (Fsp3) is 0.433. The largest absolute Gasteiger partial charge is 0.512 e. The van der Waals surface area contributed by atoms with E-state index in [1.807, 2.05) is 31.2 Å². The van der Waals surface area contributed by atoms with E-state index in [0.717, 1.165) is 62.4 Å². The topological polar surface area (TPSA) is 59.7 Å². The number of hydrogen-bond donors (Lipinski definition) is 1. The van der Waals surface area contributed by atoms with E-state index in [0.29, 0.717) is 17.6 Å². The minimum atomic E-state index is -0.225. The quantitative estimate of drug-likeness (QED) is 0.497. The summed E-state index contributed by atoms with van der Waals surface area (Å²) in [4.78, 5) is 4.78. The molecule has 0 spiro atoms. The summed E-state index contributed by atoms with van der Waals surface area (Å²) in [5.74, 6) is 0.118. The first-order valence-electron chi connectivity index (χ1n) is 12.8. The van der Waals surface area contributed by atoms with Crippen LogP contribution in [0.4, 0.5) is 10.1 Å². The van der Waals surface area contributed by atoms with Gasteiger partial charge in [0.1, 0.15) is 5.83 Å². The van der Waals surface area contributed by atoms with Gasteiger partial charge in [0.05, 0.1) is 29.6 Å². The third-order valence-corrected chi connectivity index (χ3v) is 7.36. The number of aliphatic hydroxyl groups is 1. The van der Waals surface area contributed by atoms with Crippen LogP contribution in [0.2, 0.25) is 0 Å². The van der Waals surface area contributed by atoms with Crippen LogP contribution >= 0.6 is 0 Å². The number of allylic oxidation sites excluding steroid dienone is 7. The Kier molecular flexibility index (Phi) is 8.45. The molecule has 2 heterocycles. The maximum absolute atomic E-state index is 14.5. The maximum Gasteiger partial charge on any atom is 0.126 e. The lowest BCUT2D eigenvalue weighted by atomic mass is 9.88. The number of hydrogen-bond acceptors (Lipinski definition) is 5. The fourth-order valence-corrected chi connectivity index (χ4v) is 5.54. The van der Waals surface area contributed by atoms with Crippen molar-refractivity contribution in [3.8, 4) is 6.07 Å². The molecule has 1 N–H and O–H groups in total. The van der Waals surface area contributed by atoms with Crippen molar-refractivity contribution >= 4 is 11.8 Å². The van der Waals surface area contributed by atoms with Crippen LogP contribution in [-0.2, 0) is 4.74 Å². The molecule has 1 aromatic carbocycles. The Morgan fingerprint density at radius 2 is 2.06 bits per heavy atom. The molecule has 190 valence electrons. The van der Waals surface area contributed by atoms with Crippen molar-refractivity contribution in [1.82, 2.24) is 4.90 Å². The smallest absolute Gasteiger partial charge is 0.126 e. The van der Waals surface area contributed by atoms with Gasteiger partial charge in [0.25, 0.3) is 0 Å². The van der Waals surface area contributed by atoms with Crippen LogP contribution in [0.1, 0.15) is 42.9 Å². The molecule has 0 amide bonds. The molecule has 1 aliphatic carbocycles. The molecule has 3 aliphatic rings. The lowest BCUT2D eigenvalue weighted by molar-refractivity contribution is -0.0355. The summed E-state index contributed by atoms with van der Waals surface area (Å²) < 4.78 is 20.9. The van der Waals surface area contributed by atoms with Gasteiger partial charge >= 0.3 is 0 Å². The molecule has 36 heavy (non-hydrogen) atoms. The van der Waals surface area contributed by atoms with E-state index in [2.05, 4.69) is 29.4 Å². The third-order valence-electron chi connectivity index (χ3n) is 7.36. The minimum absolute atomic E-state index is 0.0539. The lowest BCUT2D eigenvalue weighted by Gasteiger charge is -2.42. The molecular weight excluding hydrogens is 453 g/mol. The van der Waals surface area contributed by atoms with Crippen LogP contribution in [0.5, 0.6) is 0 Å². The van der Waals surface area contributed by atoms with Crippen LogP contribution < -0.4 is 4.90 Å². The van der Waals surface area contributed by atoms with Gasteiger partial charge in [0.2, 0.25) is 0 Å². The summed E-state index contributed by atoms with van der Waals surface area (Å²) in [5, 5.41) is 19.5. The zero-order chi connectivity index (χ0) is 25.7. The van der Waals surface area contributed by atoms with Gasteiger partial charge in [-0.05, 0) is 81.1 Å². The Morgan fingerprint density at radius 3 is 2.78 bits per heavy atom. The first-order chi connectivity index (χ1) is 17.4. The summed E-state index contributed by atoms with van der Waals surface area (Å²) >= 11 is 0. The highest BCUT2D eigenvalue weighted by molar-refractivity contribution is 5.73. The monoisotopic (exact) mass is 489 g/mol. The van der Waals surface area contributed by atoms with Crippen LogP contribution in [0.25, 0.3) is 6.08 Å². The Labute approximate surface area is 214 Å². The number of rotatable bonds is 6. The van der Waals surface area contributed by atoms with Crippen molar-refractivity contribution in [2.45, 2.75) is 45.3 Å². The van der Waals surface area contributed by atoms with Crippen LogP contribution in [0.3, 0.4) is 0 Å². The zero-order valence-electron chi connectivity index (χ0n) is 21.3. The number of halogens is 1. The SMILES string of the molecule is C=C/C=C\c1c(N2CC(C)OC(CN3CCC(C4=C(F)C=CCC(O)=C4)CC3)C2)ccc(C#N)c1C. The normalized spacial score (nSPS) is 24.1. The van der Waals surface area contributed by atoms with Crippen molar-refractivity contribution in [3.63, 3.8) is 0 Å². The molecule has 5 nitrogen and oxygen atoms in total. The van der Waals surface area contributed by atoms with Gasteiger partial charge in [0.15, 0.2) is 0 Å². The number of anilines is 1. The highest BCUT2D eigenvalue weighted by Crippen LogP contribution is 2.33. The van der Waals surface area contributed by atoms with Gasteiger partial charge in [-0.15, -0.1) is 0 Å². The molecule has 2 fully saturated rings. The van der Waals surface area contributed by atoms with E-state index in [1.54, 1.807) is 18.2 Å². The highest BCUT2D eigenvalue weighted by Gasteiger charge is 2.31. The number of ether oxygens (including phenoxy) is 1. The van der Waals surface area contributed by atoms with Crippen molar-refractivity contribution in [2.24, 2.45) is 5.92 Å². The second-order valence-electron chi connectivity index (χ2n) is 9.97. The second-order valence-corrected chi connectivity index (χ2v) is 9.97. The van der Waals surface area contributed by atoms with Gasteiger partial charge in [-0.3, -0.25) is 0 Å². The van der Waals surface area contributed by atoms with Crippen molar-refractivity contribution in [2.75, 3.05) is 37.6 Å². The molecule has 0 aromatic heterocycles. The summed E-state index contributed by atoms with van der Waals surface area (Å²) in [7, 11) is 0. The molecule has 4 rings (SSSR count). The second kappa shape index (κ2) is 11.7. The number of nitrogens with zero attached hydrogens (tertiary/aromatic N) is 3. The van der Waals surface area contributed by atoms with Crippen LogP contribution in [0.15, 0.2) is 66.3 Å². The lowest BCUT2D eigenvalue weighted by Crippen LogP contribution is -2.52. The van der Waals surface area contributed by atoms with Crippen molar-refractivity contribution in [3.05, 3.63) is 82.9 Å². The Balaban J connectivity index is 1.43. The average Bonchev–Trinajstić information content (AvgIpc) is 3.03. The number of likely N-dealkylation sites (tertiary alicyclic amines) is 1. The van der Waals surface area contributed by atoms with Crippen LogP contribution in [0, 0.1) is 24.2 Å². The third kappa shape index (κ3) is 5.98. The maximum atomic E-state index is 14.5. The standard InChI is InChI=1S/C30H36FN3O2/c1-4-5-8-27-22(3)24(17-32)10-11-30(27)34-18-21(2)36-26(20-34)19-33-14-12-23(13-15-33)28-16-25(35)7-6-9-29(28)31/h4-6,8-11,16,21,23,26,35H,1,7,12-15,18-20H2,2-3H3/b8-5-. The first kappa shape index (κ1) is 25.9. The number of aliphatic hydroxyl groups excluding tert-OH is 1. The van der Waals surface area contributed by atoms with E-state index in [-0.39, 0.29) is 29.7 Å². The summed E-state index contributed by atoms with van der Waals surface area (Å²) in [6.07, 6.45) is 12.7. The fourth-order valence-electron chi connectivity index (χ4n) is 5.54. The molecular formula is C30H36FN3O2. The summed E-state index contributed by atoms with van der Waals surface area (Å²) in [6.45, 7) is 12.0. The average molecular weight is 490 g/mol. The van der Waals surface area contributed by atoms with E-state index < -0.39 is 0 Å². The summed E-state index contributed by atoms with van der Waals surface area (Å²) in [6, 6.07) is 6.24. The Morgan fingerprint density at radius 1 is 1.28 bits per heavy atom. The molecule has 1 aromatic rings. The van der Waals surface area contributed by atoms with E-state index >= 15 is 0 Å². The van der Waals surface area contributed by atoms with Gasteiger partial charge in [0, 0.05) is 37.3 Å². The number of morpholine rings is 1. The molecule has 6 heteroatoms. The molecule has 2 aliphatic heterocycles. The number of benzene rings is 1. The molecule has 2 unspecified atom stereocenters. The van der Waals surface area contributed by atoms with E-state index in [9.17, 15) is 14.8 Å². The van der Waals surface area contributed by atoms with Gasteiger partial charge in [-0.25, -0.2) is 4.39 Å². The molecule has 0 bridgehead atoms. The predicted molar refractivity (Wildman–Crippen MR) is 143 cm³/mol. The predicted octanol–water partition coefficient (Wildman–Crippen LogP) is 6.00. The molecule has 0 radical (unpaired) electrons. The Hall–Kier alpha value is -3.14. The first-order valence-corrected chi connectivity index (χ1v) is 12.8. The Bertz CT molecular complexity index is 1140. The van der Waals surface area contributed by atoms with Crippen LogP contribution in [-0.4, -0.2) is 54.9 Å².